The lowest BCUT2D eigenvalue weighted by molar-refractivity contribution is -0.143. The van der Waals surface area contributed by atoms with E-state index in [1.807, 2.05) is 18.2 Å². The molecule has 2 heterocycles. The molecule has 2 saturated heterocycles. The predicted molar refractivity (Wildman–Crippen MR) is 116 cm³/mol. The van der Waals surface area contributed by atoms with Gasteiger partial charge in [-0.15, -0.1) is 0 Å². The van der Waals surface area contributed by atoms with E-state index < -0.39 is 5.41 Å². The van der Waals surface area contributed by atoms with Crippen molar-refractivity contribution in [2.75, 3.05) is 53.0 Å². The van der Waals surface area contributed by atoms with Crippen LogP contribution in [0.4, 0.5) is 4.79 Å². The highest BCUT2D eigenvalue weighted by Crippen LogP contribution is 2.40. The van der Waals surface area contributed by atoms with Crippen molar-refractivity contribution < 1.29 is 28.7 Å². The SMILES string of the molecule is CCOC(=O)N1CCN(C(=O)CC2(c3ccccc3)CC(=O)N(CCCOC)C2=O)CC1. The molecule has 0 aliphatic carbocycles. The van der Waals surface area contributed by atoms with E-state index in [1.165, 1.54) is 4.90 Å². The molecule has 0 aromatic heterocycles. The minimum Gasteiger partial charge on any atom is -0.450 e. The number of likely N-dealkylation sites (tertiary alicyclic amines) is 1. The van der Waals surface area contributed by atoms with Crippen molar-refractivity contribution in [3.8, 4) is 0 Å². The first-order valence-corrected chi connectivity index (χ1v) is 11.0. The van der Waals surface area contributed by atoms with Gasteiger partial charge in [0, 0.05) is 59.3 Å². The molecule has 4 amide bonds. The number of amides is 4. The number of hydrogen-bond donors (Lipinski definition) is 0. The summed E-state index contributed by atoms with van der Waals surface area (Å²) in [6.07, 6.45) is 0.0468. The Morgan fingerprint density at radius 2 is 1.69 bits per heavy atom. The van der Waals surface area contributed by atoms with Crippen LogP contribution < -0.4 is 0 Å². The first kappa shape index (κ1) is 23.7. The lowest BCUT2D eigenvalue weighted by Crippen LogP contribution is -2.52. The Bertz CT molecular complexity index is 837. The Morgan fingerprint density at radius 1 is 1.03 bits per heavy atom. The molecule has 1 aromatic carbocycles. The number of rotatable bonds is 8. The number of nitrogens with zero attached hydrogens (tertiary/aromatic N) is 3. The zero-order chi connectivity index (χ0) is 23.1. The van der Waals surface area contributed by atoms with Crippen LogP contribution in [0, 0.1) is 0 Å². The van der Waals surface area contributed by atoms with Gasteiger partial charge in [-0.1, -0.05) is 30.3 Å². The highest BCUT2D eigenvalue weighted by molar-refractivity contribution is 6.10. The summed E-state index contributed by atoms with van der Waals surface area (Å²) in [5.74, 6) is -0.796. The van der Waals surface area contributed by atoms with Crippen LogP contribution in [-0.4, -0.2) is 91.6 Å². The van der Waals surface area contributed by atoms with Crippen molar-refractivity contribution in [2.45, 2.75) is 31.6 Å². The smallest absolute Gasteiger partial charge is 0.409 e. The van der Waals surface area contributed by atoms with Crippen LogP contribution in [0.1, 0.15) is 31.7 Å². The number of ether oxygens (including phenoxy) is 2. The van der Waals surface area contributed by atoms with Crippen LogP contribution in [0.5, 0.6) is 0 Å². The average Bonchev–Trinajstić information content (AvgIpc) is 3.05. The molecule has 9 heteroatoms. The molecule has 0 bridgehead atoms. The predicted octanol–water partition coefficient (Wildman–Crippen LogP) is 1.41. The van der Waals surface area contributed by atoms with E-state index in [1.54, 1.807) is 36.0 Å². The van der Waals surface area contributed by atoms with Crippen LogP contribution in [0.25, 0.3) is 0 Å². The number of imide groups is 1. The van der Waals surface area contributed by atoms with Gasteiger partial charge < -0.3 is 19.3 Å². The minimum atomic E-state index is -1.21. The van der Waals surface area contributed by atoms with Gasteiger partial charge in [0.25, 0.3) is 0 Å². The summed E-state index contributed by atoms with van der Waals surface area (Å²) in [6, 6.07) is 9.06. The number of benzene rings is 1. The summed E-state index contributed by atoms with van der Waals surface area (Å²) < 4.78 is 10.1. The number of hydrogen-bond acceptors (Lipinski definition) is 6. The van der Waals surface area contributed by atoms with Gasteiger partial charge in [-0.05, 0) is 18.9 Å². The highest BCUT2D eigenvalue weighted by atomic mass is 16.6. The monoisotopic (exact) mass is 445 g/mol. The molecular formula is C23H31N3O6. The van der Waals surface area contributed by atoms with Gasteiger partial charge in [-0.2, -0.15) is 0 Å². The Hall–Kier alpha value is -2.94. The van der Waals surface area contributed by atoms with Crippen LogP contribution in [0.2, 0.25) is 0 Å². The molecule has 2 aliphatic rings. The second kappa shape index (κ2) is 10.6. The zero-order valence-corrected chi connectivity index (χ0v) is 18.7. The number of carbonyl (C=O) groups excluding carboxylic acids is 4. The summed E-state index contributed by atoms with van der Waals surface area (Å²) in [5.41, 5.74) is -0.535. The summed E-state index contributed by atoms with van der Waals surface area (Å²) in [7, 11) is 1.57. The molecule has 0 saturated carbocycles. The van der Waals surface area contributed by atoms with E-state index in [2.05, 4.69) is 0 Å². The fourth-order valence-electron chi connectivity index (χ4n) is 4.34. The third-order valence-corrected chi connectivity index (χ3v) is 6.08. The fraction of sp³-hybridized carbons (Fsp3) is 0.565. The van der Waals surface area contributed by atoms with Gasteiger partial charge in [0.05, 0.1) is 12.0 Å². The van der Waals surface area contributed by atoms with E-state index >= 15 is 0 Å². The molecule has 2 fully saturated rings. The molecule has 1 atom stereocenters. The van der Waals surface area contributed by atoms with Crippen molar-refractivity contribution in [1.82, 2.24) is 14.7 Å². The quantitative estimate of drug-likeness (QED) is 0.443. The van der Waals surface area contributed by atoms with Gasteiger partial charge in [0.2, 0.25) is 17.7 Å². The first-order chi connectivity index (χ1) is 15.4. The fourth-order valence-corrected chi connectivity index (χ4v) is 4.34. The standard InChI is InChI=1S/C23H31N3O6/c1-3-32-22(30)25-13-11-24(12-14-25)19(27)16-23(18-8-5-4-6-9-18)17-20(28)26(21(23)29)10-7-15-31-2/h4-6,8-9H,3,7,10-17H2,1-2H3. The van der Waals surface area contributed by atoms with Gasteiger partial charge in [0.15, 0.2) is 0 Å². The zero-order valence-electron chi connectivity index (χ0n) is 18.7. The van der Waals surface area contributed by atoms with Crippen molar-refractivity contribution in [1.29, 1.82) is 0 Å². The Labute approximate surface area is 188 Å². The molecule has 1 unspecified atom stereocenters. The Morgan fingerprint density at radius 3 is 2.31 bits per heavy atom. The molecule has 32 heavy (non-hydrogen) atoms. The molecule has 0 N–H and O–H groups in total. The van der Waals surface area contributed by atoms with E-state index in [0.717, 1.165) is 0 Å². The van der Waals surface area contributed by atoms with Crippen LogP contribution in [-0.2, 0) is 29.3 Å². The molecule has 3 rings (SSSR count). The third kappa shape index (κ3) is 4.93. The number of methoxy groups -OCH3 is 1. The normalized spacial score (nSPS) is 21.2. The second-order valence-corrected chi connectivity index (χ2v) is 8.07. The third-order valence-electron chi connectivity index (χ3n) is 6.08. The Kier molecular flexibility index (Phi) is 7.84. The van der Waals surface area contributed by atoms with E-state index in [9.17, 15) is 19.2 Å². The maximum absolute atomic E-state index is 13.5. The van der Waals surface area contributed by atoms with E-state index in [4.69, 9.17) is 9.47 Å². The topological polar surface area (TPSA) is 96.5 Å². The van der Waals surface area contributed by atoms with Crippen LogP contribution in [0.3, 0.4) is 0 Å². The van der Waals surface area contributed by atoms with E-state index in [-0.39, 0.29) is 43.2 Å². The lowest BCUT2D eigenvalue weighted by atomic mass is 9.75. The van der Waals surface area contributed by atoms with Gasteiger partial charge in [0.1, 0.15) is 0 Å². The lowest BCUT2D eigenvalue weighted by Gasteiger charge is -2.36. The summed E-state index contributed by atoms with van der Waals surface area (Å²) in [5, 5.41) is 0. The Balaban J connectivity index is 1.75. The van der Waals surface area contributed by atoms with Crippen molar-refractivity contribution >= 4 is 23.8 Å². The molecule has 1 aromatic rings. The summed E-state index contributed by atoms with van der Waals surface area (Å²) in [6.45, 7) is 4.24. The molecule has 174 valence electrons. The molecule has 0 radical (unpaired) electrons. The second-order valence-electron chi connectivity index (χ2n) is 8.07. The first-order valence-electron chi connectivity index (χ1n) is 11.0. The largest absolute Gasteiger partial charge is 0.450 e. The number of carbonyl (C=O) groups is 4. The van der Waals surface area contributed by atoms with Gasteiger partial charge >= 0.3 is 6.09 Å². The van der Waals surface area contributed by atoms with Gasteiger partial charge in [-0.25, -0.2) is 4.79 Å². The highest BCUT2D eigenvalue weighted by Gasteiger charge is 2.53. The summed E-state index contributed by atoms with van der Waals surface area (Å²) >= 11 is 0. The molecule has 0 spiro atoms. The number of piperazine rings is 1. The maximum atomic E-state index is 13.5. The average molecular weight is 446 g/mol. The maximum Gasteiger partial charge on any atom is 0.409 e. The summed E-state index contributed by atoms with van der Waals surface area (Å²) in [4.78, 5) is 55.9. The van der Waals surface area contributed by atoms with Crippen molar-refractivity contribution in [3.05, 3.63) is 35.9 Å². The van der Waals surface area contributed by atoms with Gasteiger partial charge in [-0.3, -0.25) is 19.3 Å². The van der Waals surface area contributed by atoms with Crippen molar-refractivity contribution in [2.24, 2.45) is 0 Å². The molecule has 2 aliphatic heterocycles. The van der Waals surface area contributed by atoms with Crippen LogP contribution >= 0.6 is 0 Å². The molecular weight excluding hydrogens is 414 g/mol. The molecule has 9 nitrogen and oxygen atoms in total. The van der Waals surface area contributed by atoms with Crippen LogP contribution in [0.15, 0.2) is 30.3 Å². The minimum absolute atomic E-state index is 0.0304. The van der Waals surface area contributed by atoms with Crippen molar-refractivity contribution in [3.63, 3.8) is 0 Å². The van der Waals surface area contributed by atoms with E-state index in [0.29, 0.717) is 51.4 Å².